The molecular weight excluding hydrogens is 218 g/mol. The molecule has 0 saturated heterocycles. The molecule has 3 heterocycles. The van der Waals surface area contributed by atoms with Crippen LogP contribution in [0.3, 0.4) is 0 Å². The van der Waals surface area contributed by atoms with Gasteiger partial charge >= 0.3 is 0 Å². The van der Waals surface area contributed by atoms with E-state index >= 15 is 0 Å². The number of nitrogens with one attached hydrogen (secondary N) is 2. The third kappa shape index (κ3) is 1.94. The summed E-state index contributed by atoms with van der Waals surface area (Å²) in [6.45, 7) is 1.54. The van der Waals surface area contributed by atoms with Crippen molar-refractivity contribution < 1.29 is 0 Å². The largest absolute Gasteiger partial charge is 0.367 e. The molecule has 0 unspecified atom stereocenters. The van der Waals surface area contributed by atoms with Gasteiger partial charge in [0, 0.05) is 18.9 Å². The van der Waals surface area contributed by atoms with Crippen LogP contribution < -0.4 is 5.32 Å². The molecule has 0 aromatic carbocycles. The first-order chi connectivity index (χ1) is 8.43. The number of hydrogen-bond acceptors (Lipinski definition) is 5. The minimum atomic E-state index is 0.738. The van der Waals surface area contributed by atoms with Crippen molar-refractivity contribution in [3.63, 3.8) is 0 Å². The van der Waals surface area contributed by atoms with Gasteiger partial charge in [0.05, 0.1) is 18.1 Å². The summed E-state index contributed by atoms with van der Waals surface area (Å²) in [6, 6.07) is 1.90. The van der Waals surface area contributed by atoms with Gasteiger partial charge in [-0.2, -0.15) is 10.2 Å². The van der Waals surface area contributed by atoms with Crippen LogP contribution in [-0.4, -0.2) is 36.5 Å². The maximum atomic E-state index is 4.19. The van der Waals surface area contributed by atoms with E-state index in [-0.39, 0.29) is 0 Å². The lowest BCUT2D eigenvalue weighted by Gasteiger charge is -2.05. The Labute approximate surface area is 96.9 Å². The van der Waals surface area contributed by atoms with Crippen LogP contribution in [-0.2, 0) is 6.54 Å². The number of anilines is 1. The van der Waals surface area contributed by atoms with Gasteiger partial charge in [-0.15, -0.1) is 0 Å². The van der Waals surface area contributed by atoms with E-state index < -0.39 is 0 Å². The van der Waals surface area contributed by atoms with E-state index in [2.05, 4.69) is 30.6 Å². The predicted molar refractivity (Wildman–Crippen MR) is 62.4 cm³/mol. The molecule has 0 bridgehead atoms. The zero-order valence-electron chi connectivity index (χ0n) is 9.04. The molecule has 3 aromatic rings. The maximum absolute atomic E-state index is 4.19. The summed E-state index contributed by atoms with van der Waals surface area (Å²) < 4.78 is 1.86. The number of hydrogen-bond donors (Lipinski definition) is 2. The molecule has 3 rings (SSSR count). The Kier molecular flexibility index (Phi) is 2.41. The normalized spacial score (nSPS) is 10.8. The highest BCUT2D eigenvalue weighted by atomic mass is 15.3. The number of aromatic nitrogens is 6. The average molecular weight is 229 g/mol. The molecule has 0 spiro atoms. The first-order valence-corrected chi connectivity index (χ1v) is 5.29. The average Bonchev–Trinajstić information content (AvgIpc) is 2.99. The highest BCUT2D eigenvalue weighted by molar-refractivity contribution is 5.85. The summed E-state index contributed by atoms with van der Waals surface area (Å²) in [7, 11) is 0. The molecule has 0 aliphatic rings. The molecule has 0 saturated carbocycles. The Bertz CT molecular complexity index is 598. The lowest BCUT2D eigenvalue weighted by atomic mass is 10.4. The molecule has 0 aliphatic carbocycles. The molecule has 86 valence electrons. The van der Waals surface area contributed by atoms with E-state index in [1.807, 2.05) is 16.9 Å². The number of nitrogens with zero attached hydrogens (tertiary/aromatic N) is 5. The van der Waals surface area contributed by atoms with Gasteiger partial charge in [-0.1, -0.05) is 0 Å². The second kappa shape index (κ2) is 4.20. The highest BCUT2D eigenvalue weighted by Crippen LogP contribution is 2.15. The van der Waals surface area contributed by atoms with Crippen molar-refractivity contribution >= 4 is 16.9 Å². The lowest BCUT2D eigenvalue weighted by molar-refractivity contribution is 0.637. The summed E-state index contributed by atoms with van der Waals surface area (Å²) in [5.41, 5.74) is 0.738. The van der Waals surface area contributed by atoms with Crippen molar-refractivity contribution in [3.05, 3.63) is 31.0 Å². The minimum absolute atomic E-state index is 0.738. The third-order valence-corrected chi connectivity index (χ3v) is 2.44. The van der Waals surface area contributed by atoms with Crippen LogP contribution >= 0.6 is 0 Å². The van der Waals surface area contributed by atoms with Crippen molar-refractivity contribution in [2.24, 2.45) is 0 Å². The summed E-state index contributed by atoms with van der Waals surface area (Å²) >= 11 is 0. The van der Waals surface area contributed by atoms with Crippen molar-refractivity contribution in [2.45, 2.75) is 6.54 Å². The number of rotatable bonds is 4. The molecule has 0 aliphatic heterocycles. The second-order valence-corrected chi connectivity index (χ2v) is 3.55. The van der Waals surface area contributed by atoms with Crippen LogP contribution in [0.25, 0.3) is 11.0 Å². The third-order valence-electron chi connectivity index (χ3n) is 2.44. The lowest BCUT2D eigenvalue weighted by Crippen LogP contribution is -2.11. The fourth-order valence-corrected chi connectivity index (χ4v) is 1.63. The van der Waals surface area contributed by atoms with E-state index in [4.69, 9.17) is 0 Å². The molecule has 3 aromatic heterocycles. The zero-order valence-corrected chi connectivity index (χ0v) is 9.04. The van der Waals surface area contributed by atoms with Gasteiger partial charge < -0.3 is 5.32 Å². The smallest absolute Gasteiger partial charge is 0.160 e. The maximum Gasteiger partial charge on any atom is 0.160 e. The second-order valence-electron chi connectivity index (χ2n) is 3.55. The van der Waals surface area contributed by atoms with Crippen molar-refractivity contribution in [2.75, 3.05) is 11.9 Å². The molecule has 0 atom stereocenters. The van der Waals surface area contributed by atoms with E-state index in [9.17, 15) is 0 Å². The fourth-order valence-electron chi connectivity index (χ4n) is 1.63. The van der Waals surface area contributed by atoms with Crippen LogP contribution in [0.1, 0.15) is 0 Å². The predicted octanol–water partition coefficient (Wildman–Crippen LogP) is 0.661. The van der Waals surface area contributed by atoms with E-state index in [1.54, 1.807) is 12.4 Å². The summed E-state index contributed by atoms with van der Waals surface area (Å²) in [5.74, 6) is 0.788. The van der Waals surface area contributed by atoms with Gasteiger partial charge in [0.15, 0.2) is 5.65 Å². The van der Waals surface area contributed by atoms with Gasteiger partial charge in [0.2, 0.25) is 0 Å². The molecule has 17 heavy (non-hydrogen) atoms. The minimum Gasteiger partial charge on any atom is -0.367 e. The fraction of sp³-hybridized carbons (Fsp3) is 0.200. The van der Waals surface area contributed by atoms with Crippen LogP contribution in [0, 0.1) is 0 Å². The van der Waals surface area contributed by atoms with Gasteiger partial charge in [-0.05, 0) is 6.07 Å². The monoisotopic (exact) mass is 229 g/mol. The molecular formula is C10H11N7. The van der Waals surface area contributed by atoms with Gasteiger partial charge in [-0.25, -0.2) is 9.97 Å². The van der Waals surface area contributed by atoms with Crippen LogP contribution in [0.2, 0.25) is 0 Å². The van der Waals surface area contributed by atoms with Crippen LogP contribution in [0.5, 0.6) is 0 Å². The Morgan fingerprint density at radius 1 is 1.35 bits per heavy atom. The first-order valence-electron chi connectivity index (χ1n) is 5.29. The number of aromatic amines is 1. The molecule has 7 heteroatoms. The highest BCUT2D eigenvalue weighted by Gasteiger charge is 2.03. The quantitative estimate of drug-likeness (QED) is 0.686. The van der Waals surface area contributed by atoms with E-state index in [1.165, 1.54) is 6.33 Å². The van der Waals surface area contributed by atoms with E-state index in [0.717, 1.165) is 29.9 Å². The summed E-state index contributed by atoms with van der Waals surface area (Å²) in [6.07, 6.45) is 6.91. The first kappa shape index (κ1) is 9.76. The topological polar surface area (TPSA) is 84.3 Å². The van der Waals surface area contributed by atoms with Crippen LogP contribution in [0.4, 0.5) is 5.82 Å². The molecule has 2 N–H and O–H groups in total. The number of H-pyrrole nitrogens is 1. The summed E-state index contributed by atoms with van der Waals surface area (Å²) in [5, 5.41) is 15.0. The Hall–Kier alpha value is -2.44. The SMILES string of the molecule is c1cnn(CCNc2ncnc3[nH]ncc23)c1. The van der Waals surface area contributed by atoms with Gasteiger partial charge in [0.1, 0.15) is 12.1 Å². The molecule has 7 nitrogen and oxygen atoms in total. The van der Waals surface area contributed by atoms with Crippen molar-refractivity contribution in [1.29, 1.82) is 0 Å². The van der Waals surface area contributed by atoms with Gasteiger partial charge in [0.25, 0.3) is 0 Å². The molecule has 0 fully saturated rings. The molecule has 0 amide bonds. The number of fused-ring (bicyclic) bond motifs is 1. The van der Waals surface area contributed by atoms with Crippen molar-refractivity contribution in [3.8, 4) is 0 Å². The Morgan fingerprint density at radius 2 is 2.35 bits per heavy atom. The zero-order chi connectivity index (χ0) is 11.5. The van der Waals surface area contributed by atoms with E-state index in [0.29, 0.717) is 0 Å². The van der Waals surface area contributed by atoms with Crippen molar-refractivity contribution in [1.82, 2.24) is 29.9 Å². The standard InChI is InChI=1S/C10H11N7/c1-2-15-17(4-1)5-3-11-9-8-6-14-16-10(8)13-7-12-9/h1-2,4,6-7H,3,5H2,(H2,11,12,13,14,16). The molecule has 0 radical (unpaired) electrons. The van der Waals surface area contributed by atoms with Crippen LogP contribution in [0.15, 0.2) is 31.0 Å². The summed E-state index contributed by atoms with van der Waals surface area (Å²) in [4.78, 5) is 8.26. The Balaban J connectivity index is 1.70. The Morgan fingerprint density at radius 3 is 3.24 bits per heavy atom. The van der Waals surface area contributed by atoms with Gasteiger partial charge in [-0.3, -0.25) is 9.78 Å².